The minimum absolute atomic E-state index is 0.206. The summed E-state index contributed by atoms with van der Waals surface area (Å²) < 4.78 is 45.7. The molecule has 0 saturated carbocycles. The summed E-state index contributed by atoms with van der Waals surface area (Å²) in [6, 6.07) is 11.0. The molecule has 0 atom stereocenters. The Kier molecular flexibility index (Phi) is 6.25. The Hall–Kier alpha value is -3.47. The number of hydrogen-bond donors (Lipinski definition) is 2. The van der Waals surface area contributed by atoms with Crippen molar-refractivity contribution >= 4 is 33.4 Å². The van der Waals surface area contributed by atoms with Crippen molar-refractivity contribution in [1.82, 2.24) is 10.2 Å². The summed E-state index contributed by atoms with van der Waals surface area (Å²) in [6.07, 6.45) is -4.81. The molecule has 0 bridgehead atoms. The first-order valence-electron chi connectivity index (χ1n) is 8.65. The second kappa shape index (κ2) is 8.72. The monoisotopic (exact) mass is 494 g/mol. The van der Waals surface area contributed by atoms with Gasteiger partial charge in [-0.25, -0.2) is 0 Å². The highest BCUT2D eigenvalue weighted by atomic mass is 79.9. The molecule has 1 heterocycles. The summed E-state index contributed by atoms with van der Waals surface area (Å²) in [7, 11) is 0. The van der Waals surface area contributed by atoms with Crippen LogP contribution in [0.15, 0.2) is 53.0 Å². The molecule has 3 aromatic rings. The molecule has 0 spiro atoms. The van der Waals surface area contributed by atoms with Crippen LogP contribution in [-0.2, 0) is 6.18 Å². The van der Waals surface area contributed by atoms with Gasteiger partial charge in [-0.05, 0) is 61.0 Å². The van der Waals surface area contributed by atoms with E-state index in [2.05, 4.69) is 31.4 Å². The number of aryl methyl sites for hydroxylation is 1. The molecule has 3 N–H and O–H groups in total. The van der Waals surface area contributed by atoms with Gasteiger partial charge in [-0.2, -0.15) is 13.2 Å². The van der Waals surface area contributed by atoms with E-state index in [0.717, 1.165) is 4.47 Å². The van der Waals surface area contributed by atoms with Gasteiger partial charge in [0, 0.05) is 15.7 Å². The van der Waals surface area contributed by atoms with Crippen molar-refractivity contribution in [3.8, 4) is 11.6 Å². The molecule has 0 saturated heterocycles. The summed E-state index contributed by atoms with van der Waals surface area (Å²) in [5.41, 5.74) is 4.44. The predicted molar refractivity (Wildman–Crippen MR) is 109 cm³/mol. The maximum absolute atomic E-state index is 13.1. The van der Waals surface area contributed by atoms with Gasteiger partial charge in [0.05, 0.1) is 0 Å². The standard InChI is InChI=1S/C20H14BrF3N4O3/c1-10-8-12(21)4-7-15(10)31-19-14(9-16(27-28-19)20(22,23)24)18(30)26-13-5-2-11(3-6-13)17(25)29/h2-9H,1H3,(H2,25,29)(H,26,30). The van der Waals surface area contributed by atoms with Crippen LogP contribution in [0.2, 0.25) is 0 Å². The van der Waals surface area contributed by atoms with Gasteiger partial charge >= 0.3 is 6.18 Å². The van der Waals surface area contributed by atoms with Crippen LogP contribution in [0.5, 0.6) is 11.6 Å². The second-order valence-electron chi connectivity index (χ2n) is 6.35. The van der Waals surface area contributed by atoms with Gasteiger partial charge in [-0.15, -0.1) is 10.2 Å². The number of carbonyl (C=O) groups excluding carboxylic acids is 2. The number of alkyl halides is 3. The minimum atomic E-state index is -4.81. The van der Waals surface area contributed by atoms with E-state index in [-0.39, 0.29) is 17.0 Å². The number of primary amides is 1. The highest BCUT2D eigenvalue weighted by Crippen LogP contribution is 2.32. The highest BCUT2D eigenvalue weighted by molar-refractivity contribution is 9.10. The number of nitrogens with two attached hydrogens (primary N) is 1. The first-order chi connectivity index (χ1) is 14.5. The number of carbonyl (C=O) groups is 2. The first kappa shape index (κ1) is 22.2. The van der Waals surface area contributed by atoms with Crippen molar-refractivity contribution in [2.24, 2.45) is 5.73 Å². The molecule has 0 aliphatic carbocycles. The molecule has 0 radical (unpaired) electrons. The lowest BCUT2D eigenvalue weighted by Gasteiger charge is -2.14. The van der Waals surface area contributed by atoms with Gasteiger partial charge in [-0.1, -0.05) is 15.9 Å². The third kappa shape index (κ3) is 5.37. The van der Waals surface area contributed by atoms with E-state index >= 15 is 0 Å². The molecule has 0 aliphatic rings. The number of hydrogen-bond acceptors (Lipinski definition) is 5. The van der Waals surface area contributed by atoms with Crippen LogP contribution in [0.4, 0.5) is 18.9 Å². The van der Waals surface area contributed by atoms with Crippen molar-refractivity contribution in [2.75, 3.05) is 5.32 Å². The molecule has 0 unspecified atom stereocenters. The smallest absolute Gasteiger partial charge is 0.435 e. The zero-order valence-corrected chi connectivity index (χ0v) is 17.4. The molecule has 3 rings (SSSR count). The Morgan fingerprint density at radius 2 is 1.74 bits per heavy atom. The van der Waals surface area contributed by atoms with Gasteiger partial charge in [0.1, 0.15) is 11.3 Å². The lowest BCUT2D eigenvalue weighted by atomic mass is 10.2. The SMILES string of the molecule is Cc1cc(Br)ccc1Oc1nnc(C(F)(F)F)cc1C(=O)Nc1ccc(C(N)=O)cc1. The van der Waals surface area contributed by atoms with Crippen molar-refractivity contribution in [2.45, 2.75) is 13.1 Å². The Balaban J connectivity index is 1.96. The maximum Gasteiger partial charge on any atom is 0.435 e. The quantitative estimate of drug-likeness (QED) is 0.533. The molecule has 0 aliphatic heterocycles. The van der Waals surface area contributed by atoms with E-state index in [1.807, 2.05) is 0 Å². The summed E-state index contributed by atoms with van der Waals surface area (Å²) in [5, 5.41) is 9.05. The Bertz CT molecular complexity index is 1150. The van der Waals surface area contributed by atoms with Crippen LogP contribution in [0, 0.1) is 6.92 Å². The number of amides is 2. The first-order valence-corrected chi connectivity index (χ1v) is 9.44. The highest BCUT2D eigenvalue weighted by Gasteiger charge is 2.35. The Morgan fingerprint density at radius 1 is 1.06 bits per heavy atom. The zero-order chi connectivity index (χ0) is 22.8. The molecule has 1 aromatic heterocycles. The number of halogens is 4. The molecule has 2 aromatic carbocycles. The number of rotatable bonds is 5. The average Bonchev–Trinajstić information content (AvgIpc) is 2.70. The van der Waals surface area contributed by atoms with Gasteiger partial charge in [0.2, 0.25) is 5.91 Å². The van der Waals surface area contributed by atoms with E-state index < -0.39 is 35.1 Å². The predicted octanol–water partition coefficient (Wildman–Crippen LogP) is 4.71. The summed E-state index contributed by atoms with van der Waals surface area (Å²) in [6.45, 7) is 1.72. The minimum Gasteiger partial charge on any atom is -0.437 e. The van der Waals surface area contributed by atoms with Gasteiger partial charge in [0.25, 0.3) is 11.8 Å². The Morgan fingerprint density at radius 3 is 2.32 bits per heavy atom. The second-order valence-corrected chi connectivity index (χ2v) is 7.27. The summed E-state index contributed by atoms with van der Waals surface area (Å²) >= 11 is 3.30. The average molecular weight is 495 g/mol. The molecule has 0 fully saturated rings. The molecule has 160 valence electrons. The largest absolute Gasteiger partial charge is 0.437 e. The van der Waals surface area contributed by atoms with Crippen LogP contribution in [0.25, 0.3) is 0 Å². The lowest BCUT2D eigenvalue weighted by molar-refractivity contribution is -0.141. The molecule has 7 nitrogen and oxygen atoms in total. The van der Waals surface area contributed by atoms with E-state index in [9.17, 15) is 22.8 Å². The van der Waals surface area contributed by atoms with Gasteiger partial charge in [0.15, 0.2) is 5.69 Å². The lowest BCUT2D eigenvalue weighted by Crippen LogP contribution is -2.18. The fourth-order valence-corrected chi connectivity index (χ4v) is 2.98. The number of nitrogens with zero attached hydrogens (tertiary/aromatic N) is 2. The normalized spacial score (nSPS) is 11.1. The van der Waals surface area contributed by atoms with Crippen LogP contribution >= 0.6 is 15.9 Å². The Labute approximate surface area is 182 Å². The molecule has 31 heavy (non-hydrogen) atoms. The molecular weight excluding hydrogens is 481 g/mol. The van der Waals surface area contributed by atoms with E-state index in [4.69, 9.17) is 10.5 Å². The van der Waals surface area contributed by atoms with Crippen LogP contribution in [-0.4, -0.2) is 22.0 Å². The molecule has 11 heteroatoms. The van der Waals surface area contributed by atoms with Gasteiger partial charge < -0.3 is 15.8 Å². The number of ether oxygens (including phenoxy) is 1. The molecule has 2 amide bonds. The van der Waals surface area contributed by atoms with Crippen LogP contribution in [0.1, 0.15) is 32.0 Å². The number of anilines is 1. The molecular formula is C20H14BrF3N4O3. The van der Waals surface area contributed by atoms with Crippen molar-refractivity contribution in [1.29, 1.82) is 0 Å². The van der Waals surface area contributed by atoms with Crippen molar-refractivity contribution in [3.63, 3.8) is 0 Å². The third-order valence-electron chi connectivity index (χ3n) is 4.07. The summed E-state index contributed by atoms with van der Waals surface area (Å²) in [5.74, 6) is -1.68. The van der Waals surface area contributed by atoms with E-state index in [1.165, 1.54) is 24.3 Å². The number of aromatic nitrogens is 2. The van der Waals surface area contributed by atoms with E-state index in [0.29, 0.717) is 11.6 Å². The number of nitrogens with one attached hydrogen (secondary N) is 1. The van der Waals surface area contributed by atoms with Crippen LogP contribution in [0.3, 0.4) is 0 Å². The number of benzene rings is 2. The van der Waals surface area contributed by atoms with Crippen molar-refractivity contribution in [3.05, 3.63) is 75.4 Å². The van der Waals surface area contributed by atoms with E-state index in [1.54, 1.807) is 25.1 Å². The fraction of sp³-hybridized carbons (Fsp3) is 0.100. The topological polar surface area (TPSA) is 107 Å². The maximum atomic E-state index is 13.1. The third-order valence-corrected chi connectivity index (χ3v) is 4.56. The van der Waals surface area contributed by atoms with Crippen molar-refractivity contribution < 1.29 is 27.5 Å². The fourth-order valence-electron chi connectivity index (χ4n) is 2.50. The summed E-state index contributed by atoms with van der Waals surface area (Å²) in [4.78, 5) is 23.9. The van der Waals surface area contributed by atoms with Crippen LogP contribution < -0.4 is 15.8 Å². The van der Waals surface area contributed by atoms with Gasteiger partial charge in [-0.3, -0.25) is 9.59 Å². The zero-order valence-electron chi connectivity index (χ0n) is 15.8.